The molecule has 2 saturated carbocycles. The third-order valence-corrected chi connectivity index (χ3v) is 5.58. The lowest BCUT2D eigenvalue weighted by Crippen LogP contribution is -2.21. The van der Waals surface area contributed by atoms with Gasteiger partial charge in [0.1, 0.15) is 29.7 Å². The molecule has 28 heavy (non-hydrogen) atoms. The van der Waals surface area contributed by atoms with E-state index in [4.69, 9.17) is 15.0 Å². The minimum atomic E-state index is -0.670. The molecule has 2 aromatic rings. The molecule has 0 spiro atoms. The monoisotopic (exact) mass is 379 g/mol. The molecule has 2 N–H and O–H groups in total. The van der Waals surface area contributed by atoms with Gasteiger partial charge in [-0.3, -0.25) is 10.1 Å². The number of fused-ring (bicyclic) bond motifs is 2. The van der Waals surface area contributed by atoms with E-state index < -0.39 is 17.4 Å². The van der Waals surface area contributed by atoms with Gasteiger partial charge in [-0.2, -0.15) is 0 Å². The van der Waals surface area contributed by atoms with Crippen LogP contribution in [0.15, 0.2) is 35.6 Å². The maximum absolute atomic E-state index is 12.0. The number of phenols is 1. The number of azide groups is 1. The summed E-state index contributed by atoms with van der Waals surface area (Å²) in [6, 6.07) is 6.42. The zero-order valence-corrected chi connectivity index (χ0v) is 14.3. The molecule has 2 amide bonds. The Morgan fingerprint density at radius 1 is 1.46 bits per heavy atom. The first kappa shape index (κ1) is 16.4. The average Bonchev–Trinajstić information content (AvgIpc) is 3.55. The van der Waals surface area contributed by atoms with E-state index in [9.17, 15) is 14.7 Å². The number of ether oxygens (including phenoxy) is 2. The molecule has 2 aliphatic carbocycles. The second kappa shape index (κ2) is 5.61. The first-order chi connectivity index (χ1) is 13.5. The predicted octanol–water partition coefficient (Wildman–Crippen LogP) is 3.58. The average molecular weight is 379 g/mol. The van der Waals surface area contributed by atoms with Crippen molar-refractivity contribution in [3.8, 4) is 17.2 Å². The third kappa shape index (κ3) is 2.28. The van der Waals surface area contributed by atoms with Crippen molar-refractivity contribution in [3.63, 3.8) is 0 Å². The number of nitrogens with zero attached hydrogens (tertiary/aromatic N) is 4. The Morgan fingerprint density at radius 2 is 2.32 bits per heavy atom. The van der Waals surface area contributed by atoms with Crippen molar-refractivity contribution in [1.29, 1.82) is 0 Å². The van der Waals surface area contributed by atoms with Crippen LogP contribution in [0.3, 0.4) is 0 Å². The fraction of sp³-hybridized carbons (Fsp3) is 0.278. The highest BCUT2D eigenvalue weighted by molar-refractivity contribution is 5.93. The van der Waals surface area contributed by atoms with E-state index in [1.54, 1.807) is 18.2 Å². The first-order valence-corrected chi connectivity index (χ1v) is 8.56. The number of nitrogens with one attached hydrogen (secondary N) is 1. The van der Waals surface area contributed by atoms with Gasteiger partial charge in [-0.1, -0.05) is 0 Å². The van der Waals surface area contributed by atoms with Crippen LogP contribution in [0.5, 0.6) is 17.2 Å². The molecular weight excluding hydrogens is 366 g/mol. The highest BCUT2D eigenvalue weighted by Gasteiger charge is 2.83. The van der Waals surface area contributed by atoms with E-state index >= 15 is 0 Å². The number of anilines is 1. The number of hydrogen-bond acceptors (Lipinski definition) is 6. The highest BCUT2D eigenvalue weighted by atomic mass is 16.6. The summed E-state index contributed by atoms with van der Waals surface area (Å²) in [6.45, 7) is 0.0315. The van der Waals surface area contributed by atoms with E-state index in [0.717, 1.165) is 0 Å². The number of phenolic OH excluding ortho intramolecular Hbond substituents is 1. The number of benzene rings is 1. The number of amides is 2. The number of rotatable bonds is 4. The molecule has 0 radical (unpaired) electrons. The molecule has 10 heteroatoms. The van der Waals surface area contributed by atoms with Crippen LogP contribution in [-0.2, 0) is 16.1 Å². The van der Waals surface area contributed by atoms with Gasteiger partial charge < -0.3 is 14.6 Å². The molecule has 140 valence electrons. The first-order valence-electron chi connectivity index (χ1n) is 8.56. The summed E-state index contributed by atoms with van der Waals surface area (Å²) in [5, 5.41) is 16.0. The Kier molecular flexibility index (Phi) is 3.28. The smallest absolute Gasteiger partial charge is 0.413 e. The number of pyridine rings is 1. The summed E-state index contributed by atoms with van der Waals surface area (Å²) in [5.41, 5.74) is 9.02. The van der Waals surface area contributed by atoms with Crippen LogP contribution in [0.4, 0.5) is 10.6 Å². The molecule has 3 atom stereocenters. The molecule has 0 bridgehead atoms. The summed E-state index contributed by atoms with van der Waals surface area (Å²) < 4.78 is 10.9. The second-order valence-corrected chi connectivity index (χ2v) is 6.98. The van der Waals surface area contributed by atoms with Crippen LogP contribution in [0, 0.1) is 11.3 Å². The zero-order chi connectivity index (χ0) is 19.5. The topological polar surface area (TPSA) is 147 Å². The minimum Gasteiger partial charge on any atom is -0.508 e. The fourth-order valence-corrected chi connectivity index (χ4v) is 3.97. The standard InChI is InChI=1S/C18H13N5O5/c19-23-22-16(25)18-6-11(18)14(18)9-5-8(1-2-12(9)24)28-13-3-4-20-15-10(13)7-27-17(26)21-15/h1-5,11,14,24H,6-7H2,(H,20,21,26)/t11-,14+,18-/m0/s1. The van der Waals surface area contributed by atoms with Crippen molar-refractivity contribution >= 4 is 17.8 Å². The summed E-state index contributed by atoms with van der Waals surface area (Å²) in [6.07, 6.45) is 1.59. The van der Waals surface area contributed by atoms with Gasteiger partial charge in [0.15, 0.2) is 0 Å². The van der Waals surface area contributed by atoms with Gasteiger partial charge in [-0.15, -0.1) is 0 Å². The Balaban J connectivity index is 1.43. The van der Waals surface area contributed by atoms with Crippen LogP contribution < -0.4 is 10.1 Å². The van der Waals surface area contributed by atoms with Gasteiger partial charge in [0, 0.05) is 28.0 Å². The molecule has 1 aliphatic heterocycles. The van der Waals surface area contributed by atoms with Crippen molar-refractivity contribution < 1.29 is 24.2 Å². The Hall–Kier alpha value is -3.78. The van der Waals surface area contributed by atoms with Crippen molar-refractivity contribution in [2.75, 3.05) is 5.32 Å². The molecule has 5 rings (SSSR count). The van der Waals surface area contributed by atoms with Gasteiger partial charge in [0.2, 0.25) is 5.91 Å². The zero-order valence-electron chi connectivity index (χ0n) is 14.3. The number of carbonyl (C=O) groups excluding carboxylic acids is 2. The minimum absolute atomic E-state index is 0.0315. The molecule has 2 heterocycles. The maximum Gasteiger partial charge on any atom is 0.413 e. The number of cyclic esters (lactones) is 1. The summed E-state index contributed by atoms with van der Waals surface area (Å²) in [5.74, 6) is 0.775. The summed E-state index contributed by atoms with van der Waals surface area (Å²) in [4.78, 5) is 30.0. The van der Waals surface area contributed by atoms with Crippen molar-refractivity contribution in [2.24, 2.45) is 16.4 Å². The molecule has 2 fully saturated rings. The fourth-order valence-electron chi connectivity index (χ4n) is 3.97. The van der Waals surface area contributed by atoms with Gasteiger partial charge in [0.25, 0.3) is 0 Å². The molecule has 0 saturated heterocycles. The van der Waals surface area contributed by atoms with Crippen molar-refractivity contribution in [3.05, 3.63) is 52.0 Å². The van der Waals surface area contributed by atoms with Crippen LogP contribution in [0.2, 0.25) is 0 Å². The van der Waals surface area contributed by atoms with Crippen molar-refractivity contribution in [2.45, 2.75) is 18.9 Å². The Bertz CT molecular complexity index is 1100. The summed E-state index contributed by atoms with van der Waals surface area (Å²) in [7, 11) is 0. The van der Waals surface area contributed by atoms with E-state index in [0.29, 0.717) is 34.9 Å². The number of aromatic hydroxyl groups is 1. The van der Waals surface area contributed by atoms with E-state index in [2.05, 4.69) is 20.3 Å². The largest absolute Gasteiger partial charge is 0.508 e. The van der Waals surface area contributed by atoms with Crippen molar-refractivity contribution in [1.82, 2.24) is 4.98 Å². The van der Waals surface area contributed by atoms with Crippen LogP contribution >= 0.6 is 0 Å². The van der Waals surface area contributed by atoms with E-state index in [-0.39, 0.29) is 24.2 Å². The SMILES string of the molecule is [N-]=[N+]=NC(=O)[C@@]12C[C@H]1[C@H]2c1cc(Oc2ccnc3c2COC(=O)N3)ccc1O. The number of hydrogen-bond donors (Lipinski definition) is 2. The normalized spacial score (nSPS) is 25.9. The predicted molar refractivity (Wildman–Crippen MR) is 93.7 cm³/mol. The van der Waals surface area contributed by atoms with Crippen LogP contribution in [0.1, 0.15) is 23.5 Å². The quantitative estimate of drug-likeness (QED) is 0.471. The highest BCUT2D eigenvalue weighted by Crippen LogP contribution is 2.85. The lowest BCUT2D eigenvalue weighted by molar-refractivity contribution is -0.121. The molecule has 0 unspecified atom stereocenters. The number of carbonyl (C=O) groups is 2. The molecular formula is C18H13N5O5. The lowest BCUT2D eigenvalue weighted by Gasteiger charge is -2.19. The lowest BCUT2D eigenvalue weighted by atomic mass is 9.95. The molecule has 1 aromatic carbocycles. The third-order valence-electron chi connectivity index (χ3n) is 5.58. The molecule has 1 aromatic heterocycles. The van der Waals surface area contributed by atoms with Crippen LogP contribution in [-0.4, -0.2) is 22.1 Å². The van der Waals surface area contributed by atoms with Gasteiger partial charge in [-0.05, 0) is 47.2 Å². The maximum atomic E-state index is 12.0. The summed E-state index contributed by atoms with van der Waals surface area (Å²) >= 11 is 0. The van der Waals surface area contributed by atoms with Crippen LogP contribution in [0.25, 0.3) is 10.4 Å². The Labute approximate surface area is 157 Å². The van der Waals surface area contributed by atoms with E-state index in [1.807, 2.05) is 0 Å². The van der Waals surface area contributed by atoms with Gasteiger partial charge in [0.05, 0.1) is 5.56 Å². The second-order valence-electron chi connectivity index (χ2n) is 6.98. The Morgan fingerprint density at radius 3 is 3.11 bits per heavy atom. The molecule has 3 aliphatic rings. The number of aromatic nitrogens is 1. The van der Waals surface area contributed by atoms with E-state index in [1.165, 1.54) is 12.3 Å². The molecule has 10 nitrogen and oxygen atoms in total. The van der Waals surface area contributed by atoms with Gasteiger partial charge >= 0.3 is 6.09 Å². The van der Waals surface area contributed by atoms with Gasteiger partial charge in [-0.25, -0.2) is 9.78 Å².